The van der Waals surface area contributed by atoms with Crippen molar-refractivity contribution < 1.29 is 50.9 Å². The summed E-state index contributed by atoms with van der Waals surface area (Å²) in [5.41, 5.74) is -1.06. The van der Waals surface area contributed by atoms with Crippen LogP contribution in [0.25, 0.3) is 27.5 Å². The number of morpholine rings is 1. The quantitative estimate of drug-likeness (QED) is 0.118. The molecule has 19 heteroatoms. The van der Waals surface area contributed by atoms with E-state index in [4.69, 9.17) is 18.9 Å². The smallest absolute Gasteiger partial charge is 0.431 e. The van der Waals surface area contributed by atoms with Gasteiger partial charge < -0.3 is 29.2 Å². The van der Waals surface area contributed by atoms with Crippen LogP contribution in [0.2, 0.25) is 0 Å². The van der Waals surface area contributed by atoms with Crippen LogP contribution in [-0.4, -0.2) is 87.5 Å². The summed E-state index contributed by atoms with van der Waals surface area (Å²) in [6.07, 6.45) is -3.99. The number of benzene rings is 2. The average Bonchev–Trinajstić information content (AvgIpc) is 3.16. The number of halogens is 4. The van der Waals surface area contributed by atoms with Crippen LogP contribution in [0.3, 0.4) is 0 Å². The van der Waals surface area contributed by atoms with E-state index < -0.39 is 77.9 Å². The SMILES string of the molecule is Cc1cc(N2CCOC[C@@H]2C(F)(F)F)cc(F)c1C(=O)N[C@@H](Cc1ccc(-n2c(=O)c3ccncc3n(C)c2=O)c2ncccc12)C(=O)OC(C)OC(=O)OC(C)C. The second-order valence-electron chi connectivity index (χ2n) is 13.7. The third kappa shape index (κ3) is 8.48. The Balaban J connectivity index is 1.37. The molecule has 15 nitrogen and oxygen atoms in total. The minimum absolute atomic E-state index is 0.0302. The maximum Gasteiger partial charge on any atom is 0.511 e. The summed E-state index contributed by atoms with van der Waals surface area (Å²) < 4.78 is 79.8. The van der Waals surface area contributed by atoms with E-state index in [0.29, 0.717) is 16.5 Å². The Bertz CT molecular complexity index is 2500. The molecule has 3 atom stereocenters. The van der Waals surface area contributed by atoms with Gasteiger partial charge in [-0.3, -0.25) is 24.1 Å². The third-order valence-corrected chi connectivity index (χ3v) is 9.38. The number of hydrogen-bond donors (Lipinski definition) is 1. The number of nitrogens with one attached hydrogen (secondary N) is 1. The fourth-order valence-electron chi connectivity index (χ4n) is 6.71. The molecule has 6 rings (SSSR count). The Morgan fingerprint density at radius 3 is 2.48 bits per heavy atom. The normalized spacial score (nSPS) is 15.6. The molecule has 2 aromatic carbocycles. The molecular formula is C39H38F4N6O9. The van der Waals surface area contributed by atoms with Gasteiger partial charge in [-0.2, -0.15) is 13.2 Å². The zero-order valence-corrected chi connectivity index (χ0v) is 31.8. The number of hydrogen-bond acceptors (Lipinski definition) is 12. The summed E-state index contributed by atoms with van der Waals surface area (Å²) in [6, 6.07) is 6.01. The molecule has 1 unspecified atom stereocenters. The van der Waals surface area contributed by atoms with E-state index in [1.54, 1.807) is 26.0 Å². The van der Waals surface area contributed by atoms with E-state index in [1.807, 2.05) is 0 Å². The lowest BCUT2D eigenvalue weighted by Crippen LogP contribution is -2.53. The highest BCUT2D eigenvalue weighted by Gasteiger charge is 2.46. The first-order valence-electron chi connectivity index (χ1n) is 18.0. The lowest BCUT2D eigenvalue weighted by molar-refractivity contribution is -0.171. The van der Waals surface area contributed by atoms with Gasteiger partial charge in [0.2, 0.25) is 6.29 Å². The van der Waals surface area contributed by atoms with E-state index in [2.05, 4.69) is 15.3 Å². The van der Waals surface area contributed by atoms with Gasteiger partial charge in [0.15, 0.2) is 0 Å². The van der Waals surface area contributed by atoms with E-state index in [1.165, 1.54) is 68.3 Å². The van der Waals surface area contributed by atoms with Crippen LogP contribution in [0.1, 0.15) is 42.3 Å². The number of alkyl halides is 3. The Labute approximate surface area is 327 Å². The average molecular weight is 811 g/mol. The monoisotopic (exact) mass is 810 g/mol. The second kappa shape index (κ2) is 16.6. The molecule has 1 aliphatic heterocycles. The maximum absolute atomic E-state index is 15.8. The minimum atomic E-state index is -4.68. The van der Waals surface area contributed by atoms with Gasteiger partial charge in [0.05, 0.1) is 53.2 Å². The topological polar surface area (TPSA) is 173 Å². The molecular weight excluding hydrogens is 772 g/mol. The number of nitrogens with zero attached hydrogens (tertiary/aromatic N) is 5. The van der Waals surface area contributed by atoms with Gasteiger partial charge in [0.25, 0.3) is 11.5 Å². The molecule has 0 radical (unpaired) electrons. The van der Waals surface area contributed by atoms with Gasteiger partial charge in [0, 0.05) is 50.4 Å². The van der Waals surface area contributed by atoms with Gasteiger partial charge in [0.1, 0.15) is 17.9 Å². The summed E-state index contributed by atoms with van der Waals surface area (Å²) in [5, 5.41) is 3.04. The molecule has 0 spiro atoms. The van der Waals surface area contributed by atoms with Crippen molar-refractivity contribution >= 4 is 45.5 Å². The van der Waals surface area contributed by atoms with Crippen LogP contribution < -0.4 is 21.5 Å². The summed E-state index contributed by atoms with van der Waals surface area (Å²) in [5.74, 6) is -3.38. The van der Waals surface area contributed by atoms with E-state index in [9.17, 15) is 37.1 Å². The molecule has 1 N–H and O–H groups in total. The minimum Gasteiger partial charge on any atom is -0.431 e. The fourth-order valence-corrected chi connectivity index (χ4v) is 6.71. The van der Waals surface area contributed by atoms with Crippen molar-refractivity contribution in [1.82, 2.24) is 24.4 Å². The highest BCUT2D eigenvalue weighted by atomic mass is 19.4. The Kier molecular flexibility index (Phi) is 11.8. The van der Waals surface area contributed by atoms with Crippen LogP contribution in [-0.2, 0) is 37.2 Å². The summed E-state index contributed by atoms with van der Waals surface area (Å²) in [6.45, 7) is 4.83. The number of esters is 1. The van der Waals surface area contributed by atoms with E-state index in [0.717, 1.165) is 15.5 Å². The Morgan fingerprint density at radius 1 is 1.02 bits per heavy atom. The van der Waals surface area contributed by atoms with Gasteiger partial charge in [-0.15, -0.1) is 0 Å². The van der Waals surface area contributed by atoms with Crippen LogP contribution in [0.4, 0.5) is 28.0 Å². The molecule has 0 aliphatic carbocycles. The number of aryl methyl sites for hydroxylation is 2. The number of aromatic nitrogens is 4. The molecule has 1 amide bonds. The zero-order valence-electron chi connectivity index (χ0n) is 31.8. The second-order valence-corrected chi connectivity index (χ2v) is 13.7. The molecule has 1 fully saturated rings. The molecule has 58 heavy (non-hydrogen) atoms. The summed E-state index contributed by atoms with van der Waals surface area (Å²) in [4.78, 5) is 76.3. The van der Waals surface area contributed by atoms with Crippen LogP contribution in [0.15, 0.2) is 70.6 Å². The predicted octanol–water partition coefficient (Wildman–Crippen LogP) is 4.64. The Morgan fingerprint density at radius 2 is 1.78 bits per heavy atom. The van der Waals surface area contributed by atoms with Gasteiger partial charge >= 0.3 is 24.0 Å². The molecule has 5 aromatic rings. The number of ether oxygens (including phenoxy) is 4. The molecule has 306 valence electrons. The van der Waals surface area contributed by atoms with Crippen molar-refractivity contribution in [3.63, 3.8) is 0 Å². The van der Waals surface area contributed by atoms with Crippen molar-refractivity contribution in [2.45, 2.75) is 64.8 Å². The molecule has 1 saturated heterocycles. The van der Waals surface area contributed by atoms with Crippen molar-refractivity contribution in [3.8, 4) is 5.69 Å². The van der Waals surface area contributed by atoms with Crippen molar-refractivity contribution in [3.05, 3.63) is 104 Å². The van der Waals surface area contributed by atoms with Gasteiger partial charge in [-0.25, -0.2) is 23.3 Å². The van der Waals surface area contributed by atoms with Gasteiger partial charge in [-0.1, -0.05) is 12.1 Å². The first-order valence-corrected chi connectivity index (χ1v) is 18.0. The largest absolute Gasteiger partial charge is 0.511 e. The lowest BCUT2D eigenvalue weighted by Gasteiger charge is -2.38. The molecule has 4 heterocycles. The fraction of sp³-hybridized carbons (Fsp3) is 0.359. The van der Waals surface area contributed by atoms with Crippen molar-refractivity contribution in [1.29, 1.82) is 0 Å². The summed E-state index contributed by atoms with van der Waals surface area (Å²) in [7, 11) is 1.48. The molecule has 3 aromatic heterocycles. The predicted molar refractivity (Wildman–Crippen MR) is 200 cm³/mol. The first-order chi connectivity index (χ1) is 27.5. The van der Waals surface area contributed by atoms with Crippen LogP contribution in [0, 0.1) is 12.7 Å². The zero-order chi connectivity index (χ0) is 42.1. The van der Waals surface area contributed by atoms with Gasteiger partial charge in [-0.05, 0) is 62.2 Å². The molecule has 0 bridgehead atoms. The van der Waals surface area contributed by atoms with Crippen LogP contribution in [0.5, 0.6) is 0 Å². The van der Waals surface area contributed by atoms with Crippen LogP contribution >= 0.6 is 0 Å². The number of amides is 1. The lowest BCUT2D eigenvalue weighted by atomic mass is 9.99. The maximum atomic E-state index is 15.8. The standard InChI is InChI=1S/C39H38F4N6O9/c1-20(2)56-38(54)58-22(4)57-36(52)28(46-34(50)32-21(3)15-24(17-27(32)40)48-13-14-55-19-31(48)39(41,42)43)16-23-8-9-29(33-25(23)7-6-11-45-33)49-35(51)26-10-12-44-18-30(26)47(5)37(49)53/h6-12,15,17-18,20,22,28,31H,13-14,16,19H2,1-5H3,(H,46,50)/t22?,28-,31+/m0/s1. The molecule has 1 aliphatic rings. The van der Waals surface area contributed by atoms with E-state index in [-0.39, 0.29) is 47.4 Å². The third-order valence-electron chi connectivity index (χ3n) is 9.38. The summed E-state index contributed by atoms with van der Waals surface area (Å²) >= 11 is 0. The van der Waals surface area contributed by atoms with Crippen molar-refractivity contribution in [2.24, 2.45) is 7.05 Å². The van der Waals surface area contributed by atoms with E-state index >= 15 is 4.39 Å². The number of fused-ring (bicyclic) bond motifs is 2. The number of anilines is 1. The highest BCUT2D eigenvalue weighted by molar-refractivity contribution is 5.99. The molecule has 0 saturated carbocycles. The number of pyridine rings is 2. The Hall–Kier alpha value is -6.37. The first kappa shape index (κ1) is 41.3. The highest BCUT2D eigenvalue weighted by Crippen LogP contribution is 2.33. The number of rotatable bonds is 10. The number of carbonyl (C=O) groups excluding carboxylic acids is 3. The number of carbonyl (C=O) groups is 3. The van der Waals surface area contributed by atoms with Crippen molar-refractivity contribution in [2.75, 3.05) is 24.7 Å².